The number of carbonyl (C=O) groups is 2. The average molecular weight is 344 g/mol. The molecule has 3 rings (SSSR count). The van der Waals surface area contributed by atoms with Crippen LogP contribution < -0.4 is 10.6 Å². The van der Waals surface area contributed by atoms with Crippen molar-refractivity contribution >= 4 is 17.5 Å². The van der Waals surface area contributed by atoms with Crippen molar-refractivity contribution in [2.45, 2.75) is 6.42 Å². The molecule has 0 atom stereocenters. The molecule has 0 spiro atoms. The van der Waals surface area contributed by atoms with Crippen molar-refractivity contribution in [3.63, 3.8) is 0 Å². The van der Waals surface area contributed by atoms with E-state index >= 15 is 0 Å². The van der Waals surface area contributed by atoms with Crippen LogP contribution in [0.4, 0.5) is 5.69 Å². The van der Waals surface area contributed by atoms with E-state index in [1.807, 2.05) is 42.5 Å². The van der Waals surface area contributed by atoms with Gasteiger partial charge in [-0.05, 0) is 28.8 Å². The lowest BCUT2D eigenvalue weighted by Crippen LogP contribution is -2.22. The number of amides is 2. The molecule has 0 saturated heterocycles. The van der Waals surface area contributed by atoms with E-state index < -0.39 is 0 Å². The van der Waals surface area contributed by atoms with Gasteiger partial charge in [0.15, 0.2) is 0 Å². The van der Waals surface area contributed by atoms with E-state index in [9.17, 15) is 9.59 Å². The minimum atomic E-state index is -0.229. The number of hydrogen-bond donors (Lipinski definition) is 2. The van der Waals surface area contributed by atoms with Gasteiger partial charge in [0.1, 0.15) is 0 Å². The van der Waals surface area contributed by atoms with E-state index in [0.717, 1.165) is 16.7 Å². The molecule has 0 aliphatic heterocycles. The fraction of sp³-hybridized carbons (Fsp3) is 0.0909. The number of carbonyl (C=O) groups excluding carboxylic acids is 2. The molecule has 0 aliphatic carbocycles. The summed E-state index contributed by atoms with van der Waals surface area (Å²) in [5, 5.41) is 5.40. The van der Waals surface area contributed by atoms with Crippen LogP contribution in [0.2, 0.25) is 0 Å². The van der Waals surface area contributed by atoms with Crippen LogP contribution in [-0.4, -0.2) is 18.9 Å². The molecule has 130 valence electrons. The molecule has 3 aromatic carbocycles. The Balaban J connectivity index is 1.68. The zero-order valence-electron chi connectivity index (χ0n) is 14.5. The lowest BCUT2D eigenvalue weighted by atomic mass is 10.0. The maximum atomic E-state index is 12.4. The second-order valence-corrected chi connectivity index (χ2v) is 5.91. The third kappa shape index (κ3) is 4.16. The summed E-state index contributed by atoms with van der Waals surface area (Å²) in [7, 11) is 1.56. The van der Waals surface area contributed by atoms with Gasteiger partial charge in [0.2, 0.25) is 5.91 Å². The molecular weight excluding hydrogens is 324 g/mol. The Bertz CT molecular complexity index is 903. The van der Waals surface area contributed by atoms with Gasteiger partial charge in [-0.2, -0.15) is 0 Å². The van der Waals surface area contributed by atoms with Crippen molar-refractivity contribution in [2.75, 3.05) is 12.4 Å². The van der Waals surface area contributed by atoms with Crippen molar-refractivity contribution in [3.05, 3.63) is 90.0 Å². The molecular formula is C22H20N2O2. The summed E-state index contributed by atoms with van der Waals surface area (Å²) in [6, 6.07) is 25.0. The summed E-state index contributed by atoms with van der Waals surface area (Å²) in [5.41, 5.74) is 4.13. The molecule has 0 unspecified atom stereocenters. The Kier molecular flexibility index (Phi) is 5.44. The van der Waals surface area contributed by atoms with E-state index in [-0.39, 0.29) is 18.2 Å². The molecule has 0 bridgehead atoms. The molecule has 0 saturated carbocycles. The molecule has 2 amide bonds. The molecule has 0 aliphatic rings. The largest absolute Gasteiger partial charge is 0.355 e. The maximum absolute atomic E-state index is 12.4. The smallest absolute Gasteiger partial charge is 0.253 e. The standard InChI is InChI=1S/C22H20N2O2/c1-23-22(26)19-9-5-6-10-20(19)24-21(25)15-16-11-13-18(14-12-16)17-7-3-2-4-8-17/h2-14H,15H2,1H3,(H,23,26)(H,24,25). The molecule has 0 fully saturated rings. The zero-order chi connectivity index (χ0) is 18.4. The molecule has 0 radical (unpaired) electrons. The zero-order valence-corrected chi connectivity index (χ0v) is 14.5. The number of rotatable bonds is 5. The van der Waals surface area contributed by atoms with Crippen LogP contribution in [0.15, 0.2) is 78.9 Å². The van der Waals surface area contributed by atoms with Gasteiger partial charge in [0.25, 0.3) is 5.91 Å². The highest BCUT2D eigenvalue weighted by atomic mass is 16.2. The molecule has 26 heavy (non-hydrogen) atoms. The Morgan fingerprint density at radius 3 is 2.08 bits per heavy atom. The Hall–Kier alpha value is -3.40. The third-order valence-electron chi connectivity index (χ3n) is 4.10. The first-order valence-corrected chi connectivity index (χ1v) is 8.42. The van der Waals surface area contributed by atoms with Crippen molar-refractivity contribution in [1.82, 2.24) is 5.32 Å². The minimum absolute atomic E-state index is 0.159. The highest BCUT2D eigenvalue weighted by Crippen LogP contribution is 2.20. The summed E-state index contributed by atoms with van der Waals surface area (Å²) in [4.78, 5) is 24.2. The topological polar surface area (TPSA) is 58.2 Å². The van der Waals surface area contributed by atoms with Crippen LogP contribution in [0.1, 0.15) is 15.9 Å². The van der Waals surface area contributed by atoms with Gasteiger partial charge >= 0.3 is 0 Å². The van der Waals surface area contributed by atoms with Crippen LogP contribution in [0.5, 0.6) is 0 Å². The number of hydrogen-bond acceptors (Lipinski definition) is 2. The summed E-state index contributed by atoms with van der Waals surface area (Å²) < 4.78 is 0. The molecule has 3 aromatic rings. The van der Waals surface area contributed by atoms with E-state index in [0.29, 0.717) is 11.3 Å². The van der Waals surface area contributed by atoms with E-state index in [2.05, 4.69) is 22.8 Å². The average Bonchev–Trinajstić information content (AvgIpc) is 2.69. The normalized spacial score (nSPS) is 10.2. The number of anilines is 1. The molecule has 0 heterocycles. The van der Waals surface area contributed by atoms with Gasteiger partial charge < -0.3 is 10.6 Å². The number of nitrogens with one attached hydrogen (secondary N) is 2. The highest BCUT2D eigenvalue weighted by Gasteiger charge is 2.12. The van der Waals surface area contributed by atoms with Crippen molar-refractivity contribution < 1.29 is 9.59 Å². The maximum Gasteiger partial charge on any atom is 0.253 e. The second kappa shape index (κ2) is 8.12. The lowest BCUT2D eigenvalue weighted by molar-refractivity contribution is -0.115. The van der Waals surface area contributed by atoms with E-state index in [4.69, 9.17) is 0 Å². The SMILES string of the molecule is CNC(=O)c1ccccc1NC(=O)Cc1ccc(-c2ccccc2)cc1. The lowest BCUT2D eigenvalue weighted by Gasteiger charge is -2.10. The first kappa shape index (κ1) is 17.4. The number of benzene rings is 3. The van der Waals surface area contributed by atoms with Crippen LogP contribution in [0, 0.1) is 0 Å². The molecule has 2 N–H and O–H groups in total. The summed E-state index contributed by atoms with van der Waals surface area (Å²) in [6.45, 7) is 0. The summed E-state index contributed by atoms with van der Waals surface area (Å²) in [6.07, 6.45) is 0.247. The predicted octanol–water partition coefficient (Wildman–Crippen LogP) is 3.89. The summed E-state index contributed by atoms with van der Waals surface area (Å²) >= 11 is 0. The number of para-hydroxylation sites is 1. The van der Waals surface area contributed by atoms with Gasteiger partial charge in [-0.1, -0.05) is 66.7 Å². The van der Waals surface area contributed by atoms with Gasteiger partial charge in [-0.3, -0.25) is 9.59 Å². The molecule has 0 aromatic heterocycles. The Morgan fingerprint density at radius 2 is 1.38 bits per heavy atom. The van der Waals surface area contributed by atoms with E-state index in [1.54, 1.807) is 31.3 Å². The summed E-state index contributed by atoms with van der Waals surface area (Å²) in [5.74, 6) is -0.387. The highest BCUT2D eigenvalue weighted by molar-refractivity contribution is 6.03. The first-order chi connectivity index (χ1) is 12.7. The molecule has 4 nitrogen and oxygen atoms in total. The molecule has 4 heteroatoms. The Morgan fingerprint density at radius 1 is 0.769 bits per heavy atom. The van der Waals surface area contributed by atoms with Gasteiger partial charge in [0, 0.05) is 7.05 Å². The fourth-order valence-electron chi connectivity index (χ4n) is 2.75. The van der Waals surface area contributed by atoms with Gasteiger partial charge in [0.05, 0.1) is 17.7 Å². The quantitative estimate of drug-likeness (QED) is 0.738. The van der Waals surface area contributed by atoms with Crippen molar-refractivity contribution in [1.29, 1.82) is 0 Å². The van der Waals surface area contributed by atoms with E-state index in [1.165, 1.54) is 0 Å². The van der Waals surface area contributed by atoms with Crippen LogP contribution >= 0.6 is 0 Å². The van der Waals surface area contributed by atoms with Crippen molar-refractivity contribution in [2.24, 2.45) is 0 Å². The fourth-order valence-corrected chi connectivity index (χ4v) is 2.75. The predicted molar refractivity (Wildman–Crippen MR) is 104 cm³/mol. The Labute approximate surface area is 152 Å². The second-order valence-electron chi connectivity index (χ2n) is 5.91. The van der Waals surface area contributed by atoms with Gasteiger partial charge in [-0.15, -0.1) is 0 Å². The van der Waals surface area contributed by atoms with Crippen LogP contribution in [-0.2, 0) is 11.2 Å². The third-order valence-corrected chi connectivity index (χ3v) is 4.10. The van der Waals surface area contributed by atoms with Crippen LogP contribution in [0.25, 0.3) is 11.1 Å². The van der Waals surface area contributed by atoms with Crippen LogP contribution in [0.3, 0.4) is 0 Å². The van der Waals surface area contributed by atoms with Crippen molar-refractivity contribution in [3.8, 4) is 11.1 Å². The van der Waals surface area contributed by atoms with Gasteiger partial charge in [-0.25, -0.2) is 0 Å². The first-order valence-electron chi connectivity index (χ1n) is 8.42. The monoisotopic (exact) mass is 344 g/mol. The minimum Gasteiger partial charge on any atom is -0.355 e.